The zero-order valence-corrected chi connectivity index (χ0v) is 12.5. The van der Waals surface area contributed by atoms with Crippen LogP contribution in [0.3, 0.4) is 0 Å². The number of hydrogen-bond acceptors (Lipinski definition) is 0. The lowest BCUT2D eigenvalue weighted by atomic mass is 10.0. The lowest BCUT2D eigenvalue weighted by Gasteiger charge is -2.05. The molecule has 0 radical (unpaired) electrons. The zero-order chi connectivity index (χ0) is 12.5. The molecule has 0 aromatic carbocycles. The molecule has 0 atom stereocenters. The van der Waals surface area contributed by atoms with E-state index in [1.807, 2.05) is 0 Å². The van der Waals surface area contributed by atoms with Crippen molar-refractivity contribution in [2.45, 2.75) is 93.4 Å². The van der Waals surface area contributed by atoms with E-state index in [4.69, 9.17) is 0 Å². The Morgan fingerprint density at radius 3 is 0.867 bits per heavy atom. The fourth-order valence-corrected chi connectivity index (χ4v) is 1.22. The third-order valence-electron chi connectivity index (χ3n) is 2.44. The van der Waals surface area contributed by atoms with Crippen molar-refractivity contribution in [3.8, 4) is 0 Å². The standard InChI is InChI=1S/C7H16.C5H12.C3H8/c1-4-7(5-2)6-3;1-3-5-4-2;1-3-2/h7H,4-6H2,1-3H3;3-5H2,1-2H3;3H2,1-2H3. The van der Waals surface area contributed by atoms with E-state index in [0.717, 1.165) is 5.92 Å². The molecule has 0 heteroatoms. The molecular formula is C15H36. The smallest absolute Gasteiger partial charge is 0.0422 e. The molecular weight excluding hydrogens is 180 g/mol. The van der Waals surface area contributed by atoms with Crippen LogP contribution in [0.4, 0.5) is 0 Å². The zero-order valence-electron chi connectivity index (χ0n) is 12.5. The van der Waals surface area contributed by atoms with Gasteiger partial charge in [-0.15, -0.1) is 0 Å². The Morgan fingerprint density at radius 1 is 0.600 bits per heavy atom. The molecule has 0 spiro atoms. The van der Waals surface area contributed by atoms with Crippen LogP contribution in [-0.4, -0.2) is 0 Å². The van der Waals surface area contributed by atoms with Gasteiger partial charge in [0.2, 0.25) is 0 Å². The summed E-state index contributed by atoms with van der Waals surface area (Å²) in [5.41, 5.74) is 0. The largest absolute Gasteiger partial charge is 0.0656 e. The second kappa shape index (κ2) is 23.7. The van der Waals surface area contributed by atoms with Gasteiger partial charge in [0.15, 0.2) is 0 Å². The molecule has 0 aromatic rings. The van der Waals surface area contributed by atoms with Gasteiger partial charge in [-0.25, -0.2) is 0 Å². The molecule has 0 aliphatic heterocycles. The third-order valence-corrected chi connectivity index (χ3v) is 2.44. The van der Waals surface area contributed by atoms with Gasteiger partial charge in [0.25, 0.3) is 0 Å². The highest BCUT2D eigenvalue weighted by Crippen LogP contribution is 2.10. The monoisotopic (exact) mass is 216 g/mol. The Hall–Kier alpha value is 0. The van der Waals surface area contributed by atoms with Gasteiger partial charge < -0.3 is 0 Å². The van der Waals surface area contributed by atoms with Crippen LogP contribution < -0.4 is 0 Å². The average molecular weight is 216 g/mol. The van der Waals surface area contributed by atoms with Crippen molar-refractivity contribution in [1.82, 2.24) is 0 Å². The molecule has 0 N–H and O–H groups in total. The van der Waals surface area contributed by atoms with Gasteiger partial charge in [-0.1, -0.05) is 93.4 Å². The van der Waals surface area contributed by atoms with Crippen molar-refractivity contribution in [2.24, 2.45) is 5.92 Å². The van der Waals surface area contributed by atoms with E-state index in [-0.39, 0.29) is 0 Å². The molecule has 0 nitrogen and oxygen atoms in total. The fraction of sp³-hybridized carbons (Fsp3) is 1.00. The Morgan fingerprint density at radius 2 is 0.867 bits per heavy atom. The quantitative estimate of drug-likeness (QED) is 0.495. The van der Waals surface area contributed by atoms with Crippen LogP contribution in [0.15, 0.2) is 0 Å². The molecule has 0 saturated heterocycles. The van der Waals surface area contributed by atoms with Crippen molar-refractivity contribution < 1.29 is 0 Å². The number of hydrogen-bond donors (Lipinski definition) is 0. The van der Waals surface area contributed by atoms with Gasteiger partial charge in [-0.2, -0.15) is 0 Å². The van der Waals surface area contributed by atoms with Crippen LogP contribution in [0.25, 0.3) is 0 Å². The van der Waals surface area contributed by atoms with E-state index in [0.29, 0.717) is 0 Å². The molecule has 96 valence electrons. The van der Waals surface area contributed by atoms with Gasteiger partial charge in [0.05, 0.1) is 0 Å². The first kappa shape index (κ1) is 20.4. The molecule has 0 aliphatic carbocycles. The topological polar surface area (TPSA) is 0 Å². The molecule has 0 heterocycles. The van der Waals surface area contributed by atoms with Crippen molar-refractivity contribution >= 4 is 0 Å². The van der Waals surface area contributed by atoms with Gasteiger partial charge in [0.1, 0.15) is 0 Å². The second-order valence-corrected chi connectivity index (χ2v) is 4.15. The maximum absolute atomic E-state index is 2.26. The van der Waals surface area contributed by atoms with E-state index in [2.05, 4.69) is 48.5 Å². The summed E-state index contributed by atoms with van der Waals surface area (Å²) < 4.78 is 0. The van der Waals surface area contributed by atoms with Crippen LogP contribution in [0.1, 0.15) is 93.4 Å². The van der Waals surface area contributed by atoms with E-state index in [9.17, 15) is 0 Å². The molecule has 0 unspecified atom stereocenters. The second-order valence-electron chi connectivity index (χ2n) is 4.15. The Bertz CT molecular complexity index is 54.9. The van der Waals surface area contributed by atoms with Crippen LogP contribution in [0, 0.1) is 5.92 Å². The maximum atomic E-state index is 2.26. The summed E-state index contributed by atoms with van der Waals surface area (Å²) >= 11 is 0. The molecule has 0 saturated carbocycles. The van der Waals surface area contributed by atoms with E-state index < -0.39 is 0 Å². The molecule has 0 aliphatic rings. The first-order valence-electron chi connectivity index (χ1n) is 7.17. The van der Waals surface area contributed by atoms with Crippen LogP contribution in [0.2, 0.25) is 0 Å². The summed E-state index contributed by atoms with van der Waals surface area (Å²) in [6.45, 7) is 15.5. The summed E-state index contributed by atoms with van der Waals surface area (Å²) in [5, 5.41) is 0. The number of rotatable bonds is 5. The fourth-order valence-electron chi connectivity index (χ4n) is 1.22. The van der Waals surface area contributed by atoms with Crippen molar-refractivity contribution in [3.63, 3.8) is 0 Å². The highest BCUT2D eigenvalue weighted by Gasteiger charge is 1.95. The van der Waals surface area contributed by atoms with Crippen LogP contribution >= 0.6 is 0 Å². The molecule has 0 aromatic heterocycles. The van der Waals surface area contributed by atoms with E-state index >= 15 is 0 Å². The molecule has 0 bridgehead atoms. The minimum atomic E-state index is 0.986. The van der Waals surface area contributed by atoms with Gasteiger partial charge in [0, 0.05) is 0 Å². The Kier molecular flexibility index (Phi) is 32.2. The normalized spacial score (nSPS) is 8.80. The highest BCUT2D eigenvalue weighted by atomic mass is 14.0. The van der Waals surface area contributed by atoms with E-state index in [1.54, 1.807) is 0 Å². The summed E-state index contributed by atoms with van der Waals surface area (Å²) in [4.78, 5) is 0. The number of unbranched alkanes of at least 4 members (excludes halogenated alkanes) is 2. The highest BCUT2D eigenvalue weighted by molar-refractivity contribution is 4.48. The van der Waals surface area contributed by atoms with Crippen molar-refractivity contribution in [3.05, 3.63) is 0 Å². The summed E-state index contributed by atoms with van der Waals surface area (Å²) in [6.07, 6.45) is 9.39. The van der Waals surface area contributed by atoms with Crippen molar-refractivity contribution in [2.75, 3.05) is 0 Å². The van der Waals surface area contributed by atoms with Crippen LogP contribution in [0.5, 0.6) is 0 Å². The molecule has 0 rings (SSSR count). The predicted molar refractivity (Wildman–Crippen MR) is 75.5 cm³/mol. The maximum Gasteiger partial charge on any atom is -0.0422 e. The molecule has 0 amide bonds. The predicted octanol–water partition coefficient (Wildman–Crippen LogP) is 6.45. The average Bonchev–Trinajstić information content (AvgIpc) is 2.24. The van der Waals surface area contributed by atoms with Gasteiger partial charge in [-0.05, 0) is 5.92 Å². The van der Waals surface area contributed by atoms with Crippen molar-refractivity contribution in [1.29, 1.82) is 0 Å². The summed E-state index contributed by atoms with van der Waals surface area (Å²) in [7, 11) is 0. The SMILES string of the molecule is CCC.CCC(CC)CC.CCCCC. The van der Waals surface area contributed by atoms with E-state index in [1.165, 1.54) is 44.9 Å². The minimum absolute atomic E-state index is 0.986. The Balaban J connectivity index is -0.000000158. The first-order chi connectivity index (χ1) is 7.17. The molecule has 15 heavy (non-hydrogen) atoms. The van der Waals surface area contributed by atoms with Gasteiger partial charge in [-0.3, -0.25) is 0 Å². The summed E-state index contributed by atoms with van der Waals surface area (Å²) in [6, 6.07) is 0. The third kappa shape index (κ3) is 31.5. The molecule has 0 fully saturated rings. The minimum Gasteiger partial charge on any atom is -0.0656 e. The van der Waals surface area contributed by atoms with Crippen LogP contribution in [-0.2, 0) is 0 Å². The summed E-state index contributed by atoms with van der Waals surface area (Å²) in [5.74, 6) is 0.986. The first-order valence-corrected chi connectivity index (χ1v) is 7.17. The lowest BCUT2D eigenvalue weighted by molar-refractivity contribution is 0.477. The lowest BCUT2D eigenvalue weighted by Crippen LogP contribution is -1.91. The van der Waals surface area contributed by atoms with Gasteiger partial charge >= 0.3 is 0 Å². The Labute approximate surface area is 99.9 Å².